The fraction of sp³-hybridized carbons (Fsp3) is 0.318. The molecule has 1 fully saturated rings. The first-order chi connectivity index (χ1) is 14.8. The lowest BCUT2D eigenvalue weighted by Crippen LogP contribution is -2.39. The predicted molar refractivity (Wildman–Crippen MR) is 127 cm³/mol. The van der Waals surface area contributed by atoms with Gasteiger partial charge in [-0.3, -0.25) is 0 Å². The van der Waals surface area contributed by atoms with Gasteiger partial charge in [0, 0.05) is 34.9 Å². The van der Waals surface area contributed by atoms with Crippen LogP contribution in [0.3, 0.4) is 0 Å². The minimum Gasteiger partial charge on any atom is -0.497 e. The average Bonchev–Trinajstić information content (AvgIpc) is 3.22. The van der Waals surface area contributed by atoms with Crippen LogP contribution in [-0.2, 0) is 16.3 Å². The van der Waals surface area contributed by atoms with Crippen LogP contribution in [0, 0.1) is 0 Å². The highest BCUT2D eigenvalue weighted by molar-refractivity contribution is 7.92. The van der Waals surface area contributed by atoms with Crippen LogP contribution < -0.4 is 9.64 Å². The summed E-state index contributed by atoms with van der Waals surface area (Å²) in [4.78, 5) is 7.13. The third kappa shape index (κ3) is 5.17. The Kier molecular flexibility index (Phi) is 6.77. The Morgan fingerprint density at radius 1 is 1.10 bits per heavy atom. The smallest absolute Gasteiger partial charge is 0.185 e. The Morgan fingerprint density at radius 3 is 2.35 bits per heavy atom. The molecule has 0 bridgehead atoms. The van der Waals surface area contributed by atoms with Gasteiger partial charge in [-0.2, -0.15) is 0 Å². The summed E-state index contributed by atoms with van der Waals surface area (Å²) in [5, 5.41) is 3.21. The summed E-state index contributed by atoms with van der Waals surface area (Å²) in [7, 11) is -1.82. The van der Waals surface area contributed by atoms with E-state index < -0.39 is 15.1 Å². The Balaban J connectivity index is 1.39. The quantitative estimate of drug-likeness (QED) is 0.451. The molecule has 5 nitrogen and oxygen atoms in total. The zero-order chi connectivity index (χ0) is 22.0. The van der Waals surface area contributed by atoms with E-state index in [4.69, 9.17) is 32.9 Å². The van der Waals surface area contributed by atoms with Gasteiger partial charge in [0.1, 0.15) is 5.75 Å². The molecule has 1 aromatic heterocycles. The molecule has 0 N–H and O–H groups in total. The lowest BCUT2D eigenvalue weighted by Gasteiger charge is -2.31. The van der Waals surface area contributed by atoms with Crippen LogP contribution in [0.2, 0.25) is 10.0 Å². The summed E-state index contributed by atoms with van der Waals surface area (Å²) in [6.07, 6.45) is 1.83. The van der Waals surface area contributed by atoms with Crippen molar-refractivity contribution < 1.29 is 13.2 Å². The zero-order valence-corrected chi connectivity index (χ0v) is 20.1. The van der Waals surface area contributed by atoms with Gasteiger partial charge in [-0.15, -0.1) is 11.3 Å². The van der Waals surface area contributed by atoms with Gasteiger partial charge in [0.15, 0.2) is 15.0 Å². The van der Waals surface area contributed by atoms with E-state index in [1.54, 1.807) is 18.4 Å². The van der Waals surface area contributed by atoms with Crippen LogP contribution in [-0.4, -0.2) is 38.9 Å². The molecule has 4 rings (SSSR count). The van der Waals surface area contributed by atoms with E-state index in [0.29, 0.717) is 36.0 Å². The van der Waals surface area contributed by atoms with Gasteiger partial charge in [-0.25, -0.2) is 13.4 Å². The molecule has 164 valence electrons. The highest BCUT2D eigenvalue weighted by atomic mass is 35.5. The minimum atomic E-state index is -3.48. The van der Waals surface area contributed by atoms with Gasteiger partial charge in [-0.1, -0.05) is 35.3 Å². The molecular weight excluding hydrogens is 475 g/mol. The number of methoxy groups -OCH3 is 1. The van der Waals surface area contributed by atoms with E-state index in [2.05, 4.69) is 10.3 Å². The number of hydrogen-bond donors (Lipinski definition) is 0. The van der Waals surface area contributed by atoms with E-state index in [1.165, 1.54) is 23.8 Å². The van der Waals surface area contributed by atoms with E-state index >= 15 is 0 Å². The molecule has 31 heavy (non-hydrogen) atoms. The van der Waals surface area contributed by atoms with Crippen LogP contribution in [0.1, 0.15) is 24.1 Å². The molecule has 3 aromatic rings. The fourth-order valence-corrected chi connectivity index (χ4v) is 7.05. The number of hydrogen-bond acceptors (Lipinski definition) is 6. The summed E-state index contributed by atoms with van der Waals surface area (Å²) >= 11 is 13.6. The second-order valence-electron chi connectivity index (χ2n) is 7.48. The van der Waals surface area contributed by atoms with Crippen molar-refractivity contribution in [1.82, 2.24) is 4.98 Å². The third-order valence-corrected chi connectivity index (χ3v) is 9.03. The molecule has 9 heteroatoms. The van der Waals surface area contributed by atoms with Crippen LogP contribution in [0.25, 0.3) is 0 Å². The first kappa shape index (κ1) is 22.4. The van der Waals surface area contributed by atoms with Crippen molar-refractivity contribution in [2.24, 2.45) is 0 Å². The number of nitrogens with zero attached hydrogens (tertiary/aromatic N) is 2. The van der Waals surface area contributed by atoms with Gasteiger partial charge in [-0.05, 0) is 48.7 Å². The number of rotatable bonds is 6. The summed E-state index contributed by atoms with van der Waals surface area (Å²) in [6, 6.07) is 12.5. The highest BCUT2D eigenvalue weighted by Crippen LogP contribution is 2.31. The Morgan fingerprint density at radius 2 is 1.74 bits per heavy atom. The molecule has 1 aliphatic heterocycles. The molecule has 2 aromatic carbocycles. The van der Waals surface area contributed by atoms with E-state index in [-0.39, 0.29) is 4.90 Å². The maximum absolute atomic E-state index is 13.0. The summed E-state index contributed by atoms with van der Waals surface area (Å²) in [5.41, 5.74) is 2.18. The van der Waals surface area contributed by atoms with Crippen molar-refractivity contribution in [2.45, 2.75) is 29.4 Å². The molecule has 0 saturated carbocycles. The monoisotopic (exact) mass is 496 g/mol. The van der Waals surface area contributed by atoms with Crippen molar-refractivity contribution in [1.29, 1.82) is 0 Å². The molecule has 0 aliphatic carbocycles. The summed E-state index contributed by atoms with van der Waals surface area (Å²) in [5.74, 6) is 0.834. The molecule has 1 saturated heterocycles. The number of benzene rings is 2. The predicted octanol–water partition coefficient (Wildman–Crippen LogP) is 5.49. The second kappa shape index (κ2) is 9.36. The normalized spacial score (nSPS) is 15.3. The molecule has 0 unspecified atom stereocenters. The maximum Gasteiger partial charge on any atom is 0.185 e. The van der Waals surface area contributed by atoms with Gasteiger partial charge >= 0.3 is 0 Å². The molecule has 0 radical (unpaired) electrons. The number of ether oxygens (including phenoxy) is 1. The van der Waals surface area contributed by atoms with Gasteiger partial charge in [0.2, 0.25) is 0 Å². The Hall–Kier alpha value is -1.80. The van der Waals surface area contributed by atoms with E-state index in [1.807, 2.05) is 24.3 Å². The second-order valence-corrected chi connectivity index (χ2v) is 11.4. The van der Waals surface area contributed by atoms with Gasteiger partial charge < -0.3 is 9.64 Å². The largest absolute Gasteiger partial charge is 0.497 e. The third-order valence-electron chi connectivity index (χ3n) is 5.40. The Labute approximate surface area is 196 Å². The van der Waals surface area contributed by atoms with Crippen LogP contribution in [0.4, 0.5) is 5.13 Å². The van der Waals surface area contributed by atoms with Crippen molar-refractivity contribution in [3.8, 4) is 5.75 Å². The Bertz CT molecular complexity index is 1140. The average molecular weight is 497 g/mol. The molecular formula is C22H22Cl2N2O3S2. The van der Waals surface area contributed by atoms with Crippen molar-refractivity contribution in [3.63, 3.8) is 0 Å². The number of sulfone groups is 1. The number of halogens is 2. The van der Waals surface area contributed by atoms with Crippen LogP contribution in [0.5, 0.6) is 5.75 Å². The lowest BCUT2D eigenvalue weighted by molar-refractivity contribution is 0.414. The van der Waals surface area contributed by atoms with Crippen molar-refractivity contribution in [3.05, 3.63) is 69.1 Å². The molecule has 0 amide bonds. The number of thiazole rings is 1. The zero-order valence-electron chi connectivity index (χ0n) is 16.9. The number of piperidine rings is 1. The molecule has 0 atom stereocenters. The fourth-order valence-electron chi connectivity index (χ4n) is 3.72. The summed E-state index contributed by atoms with van der Waals surface area (Å²) in [6.45, 7) is 1.29. The number of aromatic nitrogens is 1. The van der Waals surface area contributed by atoms with Crippen LogP contribution in [0.15, 0.2) is 52.7 Å². The van der Waals surface area contributed by atoms with Crippen LogP contribution >= 0.6 is 34.5 Å². The van der Waals surface area contributed by atoms with Gasteiger partial charge in [0.25, 0.3) is 0 Å². The van der Waals surface area contributed by atoms with E-state index in [0.717, 1.165) is 23.0 Å². The first-order valence-electron chi connectivity index (χ1n) is 9.87. The van der Waals surface area contributed by atoms with Gasteiger partial charge in [0.05, 0.1) is 22.9 Å². The standard InChI is InChI=1S/C22H22Cl2N2O3S2/c1-29-19-4-2-15(3-5-19)10-18-14-30-22(25-18)26-8-6-20(7-9-26)31(27,28)21-12-16(23)11-17(24)13-21/h2-5,11-14,20H,6-10H2,1H3. The van der Waals surface area contributed by atoms with Crippen molar-refractivity contribution in [2.75, 3.05) is 25.1 Å². The first-order valence-corrected chi connectivity index (χ1v) is 13.1. The topological polar surface area (TPSA) is 59.5 Å². The van der Waals surface area contributed by atoms with Crippen molar-refractivity contribution >= 4 is 49.5 Å². The lowest BCUT2D eigenvalue weighted by atomic mass is 10.1. The SMILES string of the molecule is COc1ccc(Cc2csc(N3CCC(S(=O)(=O)c4cc(Cl)cc(Cl)c4)CC3)n2)cc1. The molecule has 1 aliphatic rings. The highest BCUT2D eigenvalue weighted by Gasteiger charge is 2.32. The number of anilines is 1. The molecule has 2 heterocycles. The summed E-state index contributed by atoms with van der Waals surface area (Å²) < 4.78 is 31.3. The maximum atomic E-state index is 13.0. The minimum absolute atomic E-state index is 0.194. The van der Waals surface area contributed by atoms with E-state index in [9.17, 15) is 8.42 Å². The molecule has 0 spiro atoms.